The van der Waals surface area contributed by atoms with Crippen molar-refractivity contribution in [3.8, 4) is 0 Å². The van der Waals surface area contributed by atoms with Gasteiger partial charge in [-0.15, -0.1) is 0 Å². The molecular formula is C23H28N4O2S. The molecule has 1 aliphatic rings. The number of anilines is 1. The molecule has 2 heterocycles. The number of nitrogens with zero attached hydrogens (tertiary/aromatic N) is 3. The first-order valence-corrected chi connectivity index (χ1v) is 11.8. The maximum absolute atomic E-state index is 13.6. The van der Waals surface area contributed by atoms with Gasteiger partial charge in [-0.1, -0.05) is 30.7 Å². The van der Waals surface area contributed by atoms with Crippen LogP contribution in [0.3, 0.4) is 0 Å². The number of sulfone groups is 1. The molecule has 1 saturated heterocycles. The van der Waals surface area contributed by atoms with E-state index in [4.69, 9.17) is 0 Å². The van der Waals surface area contributed by atoms with Crippen LogP contribution >= 0.6 is 0 Å². The second kappa shape index (κ2) is 8.34. The number of aromatic nitrogens is 1. The van der Waals surface area contributed by atoms with Crippen LogP contribution in [0, 0.1) is 6.92 Å². The van der Waals surface area contributed by atoms with Gasteiger partial charge in [0.05, 0.1) is 16.1 Å². The van der Waals surface area contributed by atoms with E-state index >= 15 is 0 Å². The molecule has 1 aromatic heterocycles. The summed E-state index contributed by atoms with van der Waals surface area (Å²) < 4.78 is 27.1. The van der Waals surface area contributed by atoms with Gasteiger partial charge < -0.3 is 10.3 Å². The maximum Gasteiger partial charge on any atom is 0.210 e. The van der Waals surface area contributed by atoms with Crippen LogP contribution in [-0.2, 0) is 16.3 Å². The van der Waals surface area contributed by atoms with E-state index in [1.165, 1.54) is 6.20 Å². The van der Waals surface area contributed by atoms with Crippen molar-refractivity contribution < 1.29 is 8.42 Å². The number of benzene rings is 2. The number of hydrogen-bond acceptors (Lipinski definition) is 6. The van der Waals surface area contributed by atoms with Crippen LogP contribution < -0.4 is 5.43 Å². The summed E-state index contributed by atoms with van der Waals surface area (Å²) in [6, 6.07) is 13.1. The van der Waals surface area contributed by atoms with Crippen molar-refractivity contribution in [2.24, 2.45) is 0 Å². The van der Waals surface area contributed by atoms with Crippen LogP contribution in [0.1, 0.15) is 18.1 Å². The van der Waals surface area contributed by atoms with Crippen molar-refractivity contribution in [1.29, 1.82) is 0 Å². The number of fused-ring (bicyclic) bond motifs is 1. The second-order valence-corrected chi connectivity index (χ2v) is 9.84. The topological polar surface area (TPSA) is 65.5 Å². The monoisotopic (exact) mass is 424 g/mol. The van der Waals surface area contributed by atoms with Crippen molar-refractivity contribution in [2.75, 3.05) is 38.7 Å². The van der Waals surface area contributed by atoms with Gasteiger partial charge in [0.2, 0.25) is 9.84 Å². The largest absolute Gasteiger partial charge is 0.317 e. The van der Waals surface area contributed by atoms with E-state index < -0.39 is 9.84 Å². The number of nitrogens with one attached hydrogen (secondary N) is 1. The fourth-order valence-electron chi connectivity index (χ4n) is 3.71. The quantitative estimate of drug-likeness (QED) is 0.676. The Labute approximate surface area is 178 Å². The van der Waals surface area contributed by atoms with Gasteiger partial charge in [-0.2, -0.15) is 0 Å². The summed E-state index contributed by atoms with van der Waals surface area (Å²) in [6.45, 7) is 7.54. The predicted octanol–water partition coefficient (Wildman–Crippen LogP) is 3.51. The Morgan fingerprint density at radius 2 is 1.73 bits per heavy atom. The molecule has 0 amide bonds. The Kier molecular flexibility index (Phi) is 5.77. The highest BCUT2D eigenvalue weighted by Crippen LogP contribution is 2.34. The lowest BCUT2D eigenvalue weighted by Gasteiger charge is -2.33. The molecule has 0 aliphatic carbocycles. The summed E-state index contributed by atoms with van der Waals surface area (Å²) >= 11 is 0. The normalized spacial score (nSPS) is 16.1. The lowest BCUT2D eigenvalue weighted by Crippen LogP contribution is -2.47. The molecule has 0 spiro atoms. The van der Waals surface area contributed by atoms with E-state index in [0.29, 0.717) is 5.69 Å². The maximum atomic E-state index is 13.6. The first kappa shape index (κ1) is 20.8. The van der Waals surface area contributed by atoms with Crippen molar-refractivity contribution in [2.45, 2.75) is 30.1 Å². The summed E-state index contributed by atoms with van der Waals surface area (Å²) in [4.78, 5) is 7.23. The number of piperazine rings is 1. The van der Waals surface area contributed by atoms with Gasteiger partial charge in [0, 0.05) is 37.8 Å². The van der Waals surface area contributed by atoms with E-state index in [1.54, 1.807) is 12.1 Å². The molecular weight excluding hydrogens is 396 g/mol. The Morgan fingerprint density at radius 3 is 2.40 bits per heavy atom. The van der Waals surface area contributed by atoms with Gasteiger partial charge in [0.15, 0.2) is 0 Å². The van der Waals surface area contributed by atoms with Crippen LogP contribution in [0.4, 0.5) is 5.69 Å². The molecule has 7 heteroatoms. The molecule has 0 unspecified atom stereocenters. The summed E-state index contributed by atoms with van der Waals surface area (Å²) in [6.07, 6.45) is 2.35. The molecule has 158 valence electrons. The molecule has 3 aromatic rings. The average molecular weight is 425 g/mol. The van der Waals surface area contributed by atoms with Crippen molar-refractivity contribution in [3.05, 3.63) is 59.8 Å². The summed E-state index contributed by atoms with van der Waals surface area (Å²) in [5.41, 5.74) is 6.98. The Morgan fingerprint density at radius 1 is 1.03 bits per heavy atom. The van der Waals surface area contributed by atoms with Crippen LogP contribution in [0.2, 0.25) is 0 Å². The first-order valence-electron chi connectivity index (χ1n) is 10.3. The predicted molar refractivity (Wildman–Crippen MR) is 120 cm³/mol. The first-order chi connectivity index (χ1) is 14.4. The third-order valence-corrected chi connectivity index (χ3v) is 7.47. The standard InChI is InChI=1S/C23H28N4O2S/c1-4-18-6-8-19(9-7-18)30(28,29)22-16-24-21-10-5-17(2)15-20(21)23(22)25-27-13-11-26(3)12-14-27/h5-10,15-16H,4,11-14H2,1-3H3,(H,24,25). The Bertz CT molecular complexity index is 1150. The highest BCUT2D eigenvalue weighted by atomic mass is 32.2. The molecule has 0 bridgehead atoms. The third kappa shape index (κ3) is 4.05. The molecule has 0 radical (unpaired) electrons. The molecule has 1 N–H and O–H groups in total. The number of likely N-dealkylation sites (N-methyl/N-ethyl adjacent to an activating group) is 1. The minimum absolute atomic E-state index is 0.212. The van der Waals surface area contributed by atoms with Crippen LogP contribution in [0.25, 0.3) is 10.9 Å². The smallest absolute Gasteiger partial charge is 0.210 e. The number of hydrogen-bond donors (Lipinski definition) is 1. The number of hydrazine groups is 1. The fourth-order valence-corrected chi connectivity index (χ4v) is 5.08. The van der Waals surface area contributed by atoms with E-state index in [0.717, 1.165) is 54.6 Å². The van der Waals surface area contributed by atoms with Crippen LogP contribution in [0.5, 0.6) is 0 Å². The highest BCUT2D eigenvalue weighted by molar-refractivity contribution is 7.91. The van der Waals surface area contributed by atoms with Gasteiger partial charge in [-0.3, -0.25) is 4.98 Å². The fraction of sp³-hybridized carbons (Fsp3) is 0.348. The Hall–Kier alpha value is -2.48. The van der Waals surface area contributed by atoms with Gasteiger partial charge >= 0.3 is 0 Å². The molecule has 1 fully saturated rings. The second-order valence-electron chi connectivity index (χ2n) is 7.92. The molecule has 4 rings (SSSR count). The zero-order valence-corrected chi connectivity index (χ0v) is 18.5. The van der Waals surface area contributed by atoms with Crippen molar-refractivity contribution in [1.82, 2.24) is 14.9 Å². The highest BCUT2D eigenvalue weighted by Gasteiger charge is 2.26. The summed E-state index contributed by atoms with van der Waals surface area (Å²) in [7, 11) is -1.63. The minimum atomic E-state index is -3.72. The van der Waals surface area contributed by atoms with Gasteiger partial charge in [-0.05, 0) is 50.2 Å². The van der Waals surface area contributed by atoms with E-state index in [1.807, 2.05) is 37.3 Å². The molecule has 6 nitrogen and oxygen atoms in total. The average Bonchev–Trinajstić information content (AvgIpc) is 2.75. The van der Waals surface area contributed by atoms with Crippen LogP contribution in [-0.4, -0.2) is 56.5 Å². The zero-order valence-electron chi connectivity index (χ0n) is 17.7. The molecule has 0 atom stereocenters. The SMILES string of the molecule is CCc1ccc(S(=O)(=O)c2cnc3ccc(C)cc3c2NN2CCN(C)CC2)cc1. The summed E-state index contributed by atoms with van der Waals surface area (Å²) in [5.74, 6) is 0. The lowest BCUT2D eigenvalue weighted by atomic mass is 10.1. The number of aryl methyl sites for hydroxylation is 2. The summed E-state index contributed by atoms with van der Waals surface area (Å²) in [5, 5.41) is 2.91. The van der Waals surface area contributed by atoms with E-state index in [2.05, 4.69) is 34.3 Å². The molecule has 30 heavy (non-hydrogen) atoms. The van der Waals surface area contributed by atoms with Gasteiger partial charge in [-0.25, -0.2) is 13.4 Å². The third-order valence-electron chi connectivity index (χ3n) is 5.69. The van der Waals surface area contributed by atoms with Gasteiger partial charge in [0.1, 0.15) is 4.90 Å². The van der Waals surface area contributed by atoms with Crippen LogP contribution in [0.15, 0.2) is 58.5 Å². The number of rotatable bonds is 5. The molecule has 1 aliphatic heterocycles. The van der Waals surface area contributed by atoms with E-state index in [9.17, 15) is 8.42 Å². The number of pyridine rings is 1. The van der Waals surface area contributed by atoms with Crippen molar-refractivity contribution >= 4 is 26.4 Å². The Balaban J connectivity index is 1.83. The van der Waals surface area contributed by atoms with Crippen molar-refractivity contribution in [3.63, 3.8) is 0 Å². The molecule has 0 saturated carbocycles. The van der Waals surface area contributed by atoms with E-state index in [-0.39, 0.29) is 9.79 Å². The molecule has 2 aromatic carbocycles. The van der Waals surface area contributed by atoms with Gasteiger partial charge in [0.25, 0.3) is 0 Å². The lowest BCUT2D eigenvalue weighted by molar-refractivity contribution is 0.179. The zero-order chi connectivity index (χ0) is 21.3. The minimum Gasteiger partial charge on any atom is -0.317 e.